The maximum atomic E-state index is 13.2. The number of carbonyl (C=O) groups excluding carboxylic acids is 2. The van der Waals surface area contributed by atoms with Crippen LogP contribution in [0, 0.1) is 29.1 Å². The zero-order chi connectivity index (χ0) is 26.4. The van der Waals surface area contributed by atoms with Crippen LogP contribution in [0.15, 0.2) is 36.7 Å². The molecule has 1 unspecified atom stereocenters. The Morgan fingerprint density at radius 2 is 1.87 bits per heavy atom. The second kappa shape index (κ2) is 9.90. The molecule has 3 aliphatic rings. The van der Waals surface area contributed by atoms with E-state index < -0.39 is 0 Å². The van der Waals surface area contributed by atoms with Gasteiger partial charge in [-0.05, 0) is 61.1 Å². The number of ether oxygens (including phenoxy) is 1. The zero-order valence-corrected chi connectivity index (χ0v) is 22.2. The quantitative estimate of drug-likeness (QED) is 0.435. The lowest BCUT2D eigenvalue weighted by Gasteiger charge is -2.39. The number of nitrogens with zero attached hydrogens (tertiary/aromatic N) is 4. The van der Waals surface area contributed by atoms with Crippen LogP contribution < -0.4 is 4.74 Å². The van der Waals surface area contributed by atoms with Crippen molar-refractivity contribution in [2.75, 3.05) is 20.2 Å². The molecule has 0 spiro atoms. The number of amides is 1. The Morgan fingerprint density at radius 3 is 2.55 bits per heavy atom. The largest absolute Gasteiger partial charge is 0.496 e. The van der Waals surface area contributed by atoms with Crippen molar-refractivity contribution in [3.8, 4) is 11.8 Å². The van der Waals surface area contributed by atoms with Crippen LogP contribution >= 0.6 is 0 Å². The van der Waals surface area contributed by atoms with Gasteiger partial charge in [-0.15, -0.1) is 0 Å². The van der Waals surface area contributed by atoms with E-state index >= 15 is 0 Å². The lowest BCUT2D eigenvalue weighted by molar-refractivity contribution is -0.137. The molecular formula is C31H34N4O3. The second-order valence-electron chi connectivity index (χ2n) is 11.4. The van der Waals surface area contributed by atoms with Crippen molar-refractivity contribution in [1.29, 1.82) is 5.26 Å². The Bertz CT molecular complexity index is 1430. The Balaban J connectivity index is 1.32. The minimum atomic E-state index is -0.0715. The van der Waals surface area contributed by atoms with E-state index in [9.17, 15) is 14.9 Å². The van der Waals surface area contributed by atoms with Crippen LogP contribution in [-0.4, -0.2) is 46.3 Å². The summed E-state index contributed by atoms with van der Waals surface area (Å²) in [5.41, 5.74) is 3.81. The molecular weight excluding hydrogens is 476 g/mol. The third-order valence-corrected chi connectivity index (χ3v) is 9.12. The van der Waals surface area contributed by atoms with E-state index in [1.807, 2.05) is 7.05 Å². The zero-order valence-electron chi connectivity index (χ0n) is 22.2. The van der Waals surface area contributed by atoms with E-state index in [0.717, 1.165) is 55.4 Å². The van der Waals surface area contributed by atoms with E-state index in [1.54, 1.807) is 37.6 Å². The number of aromatic nitrogens is 2. The van der Waals surface area contributed by atoms with Crippen molar-refractivity contribution < 1.29 is 14.3 Å². The number of piperidine rings is 1. The van der Waals surface area contributed by atoms with Crippen LogP contribution in [0.5, 0.6) is 5.75 Å². The summed E-state index contributed by atoms with van der Waals surface area (Å²) in [5.74, 6) is 2.43. The van der Waals surface area contributed by atoms with Crippen molar-refractivity contribution in [1.82, 2.24) is 14.5 Å². The minimum Gasteiger partial charge on any atom is -0.496 e. The summed E-state index contributed by atoms with van der Waals surface area (Å²) in [6, 6.07) is 8.91. The highest BCUT2D eigenvalue weighted by Gasteiger charge is 2.46. The van der Waals surface area contributed by atoms with Crippen molar-refractivity contribution in [3.63, 3.8) is 0 Å². The third-order valence-electron chi connectivity index (χ3n) is 9.12. The number of hydrogen-bond acceptors (Lipinski definition) is 5. The van der Waals surface area contributed by atoms with Gasteiger partial charge in [-0.1, -0.05) is 25.0 Å². The summed E-state index contributed by atoms with van der Waals surface area (Å²) in [6.45, 7) is 1.66. The number of rotatable bonds is 6. The molecule has 1 aliphatic heterocycles. The molecule has 196 valence electrons. The summed E-state index contributed by atoms with van der Waals surface area (Å²) < 4.78 is 8.04. The van der Waals surface area contributed by atoms with E-state index in [0.29, 0.717) is 40.5 Å². The SMILES string of the molecule is COc1c(CC(=O)c2cccc(C#N)c2)cnc2c1c(C1[C@@H]3CC[C@H]1CN(C(=O)C1CCCC1)C3)cn2C. The highest BCUT2D eigenvalue weighted by Crippen LogP contribution is 2.51. The Labute approximate surface area is 223 Å². The number of carbonyl (C=O) groups is 2. The van der Waals surface area contributed by atoms with Crippen LogP contribution in [0.25, 0.3) is 11.0 Å². The molecule has 2 saturated carbocycles. The molecule has 0 radical (unpaired) electrons. The number of Topliss-reactive ketones (excluding diaryl/α,β-unsaturated/α-hetero) is 1. The topological polar surface area (TPSA) is 88.2 Å². The second-order valence-corrected chi connectivity index (χ2v) is 11.4. The number of likely N-dealkylation sites (tertiary alicyclic amines) is 1. The van der Waals surface area contributed by atoms with Gasteiger partial charge in [-0.25, -0.2) is 4.98 Å². The molecule has 3 heterocycles. The standard InChI is InChI=1S/C31H34N4O3/c1-34-18-25(27-22-10-11-23(27)17-35(16-22)31(37)20-7-3-4-8-20)28-29(38-2)24(15-33-30(28)34)13-26(36)21-9-5-6-19(12-21)14-32/h5-6,9,12,15,18,20,22-23,27H,3-4,7-8,10-11,13,16-17H2,1-2H3/t22-,23+,27?. The molecule has 2 bridgehead atoms. The highest BCUT2D eigenvalue weighted by molar-refractivity contribution is 5.99. The van der Waals surface area contributed by atoms with Crippen molar-refractivity contribution in [2.45, 2.75) is 50.9 Å². The predicted octanol–water partition coefficient (Wildman–Crippen LogP) is 5.02. The maximum absolute atomic E-state index is 13.2. The van der Waals surface area contributed by atoms with Gasteiger partial charge in [0, 0.05) is 56.0 Å². The van der Waals surface area contributed by atoms with Gasteiger partial charge in [-0.3, -0.25) is 9.59 Å². The Morgan fingerprint density at radius 1 is 1.13 bits per heavy atom. The van der Waals surface area contributed by atoms with Crippen LogP contribution in [0.3, 0.4) is 0 Å². The van der Waals surface area contributed by atoms with E-state index in [4.69, 9.17) is 9.72 Å². The molecule has 2 aromatic heterocycles. The number of methoxy groups -OCH3 is 1. The summed E-state index contributed by atoms with van der Waals surface area (Å²) in [7, 11) is 3.67. The Kier molecular flexibility index (Phi) is 6.43. The summed E-state index contributed by atoms with van der Waals surface area (Å²) in [4.78, 5) is 33.3. The number of hydrogen-bond donors (Lipinski definition) is 0. The fourth-order valence-electron chi connectivity index (χ4n) is 7.38. The maximum Gasteiger partial charge on any atom is 0.225 e. The highest BCUT2D eigenvalue weighted by atomic mass is 16.5. The van der Waals surface area contributed by atoms with Gasteiger partial charge in [0.15, 0.2) is 5.78 Å². The van der Waals surface area contributed by atoms with Gasteiger partial charge < -0.3 is 14.2 Å². The molecule has 7 nitrogen and oxygen atoms in total. The van der Waals surface area contributed by atoms with Gasteiger partial charge in [0.2, 0.25) is 5.91 Å². The van der Waals surface area contributed by atoms with Crippen molar-refractivity contribution in [2.24, 2.45) is 24.8 Å². The predicted molar refractivity (Wildman–Crippen MR) is 144 cm³/mol. The minimum absolute atomic E-state index is 0.0715. The average molecular weight is 511 g/mol. The lowest BCUT2D eigenvalue weighted by Crippen LogP contribution is -2.46. The Hall–Kier alpha value is -3.66. The number of aryl methyl sites for hydroxylation is 1. The molecule has 1 amide bonds. The molecule has 2 aliphatic carbocycles. The number of pyridine rings is 1. The van der Waals surface area contributed by atoms with Gasteiger partial charge in [0.05, 0.1) is 24.1 Å². The van der Waals surface area contributed by atoms with E-state index in [1.165, 1.54) is 18.4 Å². The van der Waals surface area contributed by atoms with Crippen LogP contribution in [-0.2, 0) is 18.3 Å². The first-order chi connectivity index (χ1) is 18.5. The van der Waals surface area contributed by atoms with Gasteiger partial charge >= 0.3 is 0 Å². The fourth-order valence-corrected chi connectivity index (χ4v) is 7.38. The smallest absolute Gasteiger partial charge is 0.225 e. The molecule has 3 atom stereocenters. The van der Waals surface area contributed by atoms with Crippen LogP contribution in [0.1, 0.15) is 71.5 Å². The fraction of sp³-hybridized carbons (Fsp3) is 0.484. The first kappa shape index (κ1) is 24.7. The first-order valence-electron chi connectivity index (χ1n) is 13.8. The molecule has 1 aromatic carbocycles. The lowest BCUT2D eigenvalue weighted by atomic mass is 9.79. The monoisotopic (exact) mass is 510 g/mol. The molecule has 1 saturated heterocycles. The number of fused-ring (bicyclic) bond motifs is 3. The summed E-state index contributed by atoms with van der Waals surface area (Å²) in [6.07, 6.45) is 10.8. The van der Waals surface area contributed by atoms with Crippen LogP contribution in [0.4, 0.5) is 0 Å². The first-order valence-corrected chi connectivity index (χ1v) is 13.8. The number of nitriles is 1. The molecule has 6 rings (SSSR count). The number of ketones is 1. The van der Waals surface area contributed by atoms with Crippen molar-refractivity contribution in [3.05, 3.63) is 58.9 Å². The van der Waals surface area contributed by atoms with Gasteiger partial charge in [0.1, 0.15) is 11.4 Å². The van der Waals surface area contributed by atoms with Crippen molar-refractivity contribution >= 4 is 22.7 Å². The van der Waals surface area contributed by atoms with E-state index in [2.05, 4.69) is 21.7 Å². The van der Waals surface area contributed by atoms with E-state index in [-0.39, 0.29) is 18.1 Å². The normalized spacial score (nSPS) is 23.1. The third kappa shape index (κ3) is 4.16. The average Bonchev–Trinajstić information content (AvgIpc) is 3.65. The number of benzene rings is 1. The van der Waals surface area contributed by atoms with Gasteiger partial charge in [-0.2, -0.15) is 5.26 Å². The molecule has 7 heteroatoms. The molecule has 3 fully saturated rings. The summed E-state index contributed by atoms with van der Waals surface area (Å²) >= 11 is 0. The molecule has 3 aromatic rings. The van der Waals surface area contributed by atoms with Gasteiger partial charge in [0.25, 0.3) is 0 Å². The molecule has 0 N–H and O–H groups in total. The summed E-state index contributed by atoms with van der Waals surface area (Å²) in [5, 5.41) is 10.2. The van der Waals surface area contributed by atoms with Crippen LogP contribution in [0.2, 0.25) is 0 Å². The molecule has 38 heavy (non-hydrogen) atoms.